The Hall–Kier alpha value is -0.600. The monoisotopic (exact) mass is 400 g/mol. The first-order valence-electron chi connectivity index (χ1n) is 12.5. The van der Waals surface area contributed by atoms with Gasteiger partial charge >= 0.3 is 0 Å². The topological polar surface area (TPSA) is 40.5 Å². The molecule has 0 aromatic rings. The maximum absolute atomic E-state index is 10.6. The van der Waals surface area contributed by atoms with Gasteiger partial charge < -0.3 is 10.2 Å². The molecule has 3 fully saturated rings. The molecule has 0 heterocycles. The standard InChI is InChI=1S/C27H44O2/c1-18(2)6-5-7-19(3)23-10-11-24-22-9-8-20-16-21(29)12-15-27(20,17-28)25(22)13-14-26(23,24)4/h5,7-8,18-19,21-25,28-29H,6,9-17H2,1-4H3/b7-5+/t19-,21+,22?,23-,24?,25?,26-,27-/m1/s1. The van der Waals surface area contributed by atoms with Crippen molar-refractivity contribution in [3.8, 4) is 0 Å². The Morgan fingerprint density at radius 3 is 2.62 bits per heavy atom. The molecule has 0 bridgehead atoms. The van der Waals surface area contributed by atoms with E-state index in [1.165, 1.54) is 44.1 Å². The van der Waals surface area contributed by atoms with Gasteiger partial charge in [0.05, 0.1) is 12.7 Å². The summed E-state index contributed by atoms with van der Waals surface area (Å²) < 4.78 is 0. The second-order valence-corrected chi connectivity index (χ2v) is 11.7. The van der Waals surface area contributed by atoms with Gasteiger partial charge in [-0.2, -0.15) is 0 Å². The van der Waals surface area contributed by atoms with Crippen LogP contribution >= 0.6 is 0 Å². The van der Waals surface area contributed by atoms with Crippen LogP contribution in [-0.2, 0) is 0 Å². The van der Waals surface area contributed by atoms with Crippen LogP contribution in [0.1, 0.15) is 85.5 Å². The lowest BCUT2D eigenvalue weighted by atomic mass is 9.46. The lowest BCUT2D eigenvalue weighted by Crippen LogP contribution is -2.53. The lowest BCUT2D eigenvalue weighted by molar-refractivity contribution is -0.0774. The molecule has 0 spiro atoms. The molecule has 0 amide bonds. The van der Waals surface area contributed by atoms with Crippen molar-refractivity contribution < 1.29 is 10.2 Å². The van der Waals surface area contributed by atoms with Crippen LogP contribution in [0.2, 0.25) is 0 Å². The lowest BCUT2D eigenvalue weighted by Gasteiger charge is -2.58. The first-order chi connectivity index (χ1) is 13.8. The Balaban J connectivity index is 1.55. The van der Waals surface area contributed by atoms with E-state index in [0.29, 0.717) is 17.3 Å². The number of hydrogen-bond donors (Lipinski definition) is 2. The molecule has 4 aliphatic rings. The van der Waals surface area contributed by atoms with Gasteiger partial charge in [-0.25, -0.2) is 0 Å². The van der Waals surface area contributed by atoms with Gasteiger partial charge in [-0.05, 0) is 98.7 Å². The normalized spacial score (nSPS) is 45.6. The van der Waals surface area contributed by atoms with Gasteiger partial charge in [-0.1, -0.05) is 51.5 Å². The second kappa shape index (κ2) is 8.15. The number of hydrogen-bond acceptors (Lipinski definition) is 2. The molecule has 4 aliphatic carbocycles. The molecule has 2 heteroatoms. The molecule has 2 N–H and O–H groups in total. The largest absolute Gasteiger partial charge is 0.395 e. The summed E-state index contributed by atoms with van der Waals surface area (Å²) in [6, 6.07) is 0. The first-order valence-corrected chi connectivity index (χ1v) is 12.5. The third kappa shape index (κ3) is 3.57. The van der Waals surface area contributed by atoms with Crippen molar-refractivity contribution in [1.82, 2.24) is 0 Å². The maximum Gasteiger partial charge on any atom is 0.0577 e. The fraction of sp³-hybridized carbons (Fsp3) is 0.852. The third-order valence-electron chi connectivity index (χ3n) is 9.84. The molecule has 29 heavy (non-hydrogen) atoms. The summed E-state index contributed by atoms with van der Waals surface area (Å²) in [5.41, 5.74) is 1.83. The highest BCUT2D eigenvalue weighted by Gasteiger charge is 2.60. The van der Waals surface area contributed by atoms with Gasteiger partial charge in [0.2, 0.25) is 0 Å². The van der Waals surface area contributed by atoms with Gasteiger partial charge in [0.15, 0.2) is 0 Å². The number of fused-ring (bicyclic) bond motifs is 5. The minimum atomic E-state index is -0.194. The summed E-state index contributed by atoms with van der Waals surface area (Å²) in [7, 11) is 0. The highest BCUT2D eigenvalue weighted by Crippen LogP contribution is 2.67. The van der Waals surface area contributed by atoms with E-state index >= 15 is 0 Å². The Labute approximate surface area is 178 Å². The quantitative estimate of drug-likeness (QED) is 0.544. The summed E-state index contributed by atoms with van der Waals surface area (Å²) in [5, 5.41) is 20.8. The predicted octanol–water partition coefficient (Wildman–Crippen LogP) is 6.14. The summed E-state index contributed by atoms with van der Waals surface area (Å²) in [6.07, 6.45) is 17.6. The molecule has 3 unspecified atom stereocenters. The van der Waals surface area contributed by atoms with E-state index in [1.807, 2.05) is 0 Å². The smallest absolute Gasteiger partial charge is 0.0577 e. The van der Waals surface area contributed by atoms with E-state index in [1.54, 1.807) is 0 Å². The van der Waals surface area contributed by atoms with Crippen molar-refractivity contribution in [3.05, 3.63) is 23.8 Å². The SMILES string of the molecule is CC(C)C/C=C/[C@@H](C)[C@H]1CCC2C3CC=C4C[C@@H](O)CC[C@]4(CO)C3CC[C@@]21C. The highest BCUT2D eigenvalue weighted by atomic mass is 16.3. The van der Waals surface area contributed by atoms with Crippen molar-refractivity contribution >= 4 is 0 Å². The van der Waals surface area contributed by atoms with Gasteiger partial charge in [-0.15, -0.1) is 0 Å². The molecule has 0 saturated heterocycles. The molecule has 0 radical (unpaired) electrons. The van der Waals surface area contributed by atoms with Gasteiger partial charge in [-0.3, -0.25) is 0 Å². The van der Waals surface area contributed by atoms with Crippen LogP contribution in [0.25, 0.3) is 0 Å². The zero-order valence-corrected chi connectivity index (χ0v) is 19.2. The van der Waals surface area contributed by atoms with E-state index in [0.717, 1.165) is 42.9 Å². The van der Waals surface area contributed by atoms with Crippen molar-refractivity contribution in [2.45, 2.75) is 91.6 Å². The van der Waals surface area contributed by atoms with Crippen LogP contribution in [0.4, 0.5) is 0 Å². The Morgan fingerprint density at radius 2 is 1.90 bits per heavy atom. The number of aliphatic hydroxyl groups excluding tert-OH is 2. The van der Waals surface area contributed by atoms with Crippen LogP contribution in [0.15, 0.2) is 23.8 Å². The third-order valence-corrected chi connectivity index (χ3v) is 9.84. The number of rotatable bonds is 5. The summed E-state index contributed by atoms with van der Waals surface area (Å²) in [5.74, 6) is 4.39. The van der Waals surface area contributed by atoms with Gasteiger partial charge in [0, 0.05) is 5.41 Å². The van der Waals surface area contributed by atoms with Crippen molar-refractivity contribution in [2.24, 2.45) is 46.3 Å². The molecular weight excluding hydrogens is 356 g/mol. The number of allylic oxidation sites excluding steroid dienone is 3. The molecular formula is C27H44O2. The molecule has 0 aliphatic heterocycles. The Kier molecular flexibility index (Phi) is 6.08. The summed E-state index contributed by atoms with van der Waals surface area (Å²) in [4.78, 5) is 0. The van der Waals surface area contributed by atoms with Crippen LogP contribution in [0, 0.1) is 46.3 Å². The van der Waals surface area contributed by atoms with Crippen molar-refractivity contribution in [1.29, 1.82) is 0 Å². The van der Waals surface area contributed by atoms with E-state index in [4.69, 9.17) is 0 Å². The molecule has 0 aromatic heterocycles. The molecule has 8 atom stereocenters. The predicted molar refractivity (Wildman–Crippen MR) is 120 cm³/mol. The van der Waals surface area contributed by atoms with E-state index in [9.17, 15) is 10.2 Å². The van der Waals surface area contributed by atoms with Gasteiger partial charge in [0.1, 0.15) is 0 Å². The average molecular weight is 401 g/mol. The molecule has 164 valence electrons. The minimum absolute atomic E-state index is 0.0235. The summed E-state index contributed by atoms with van der Waals surface area (Å²) >= 11 is 0. The van der Waals surface area contributed by atoms with Crippen LogP contribution in [0.3, 0.4) is 0 Å². The van der Waals surface area contributed by atoms with Gasteiger partial charge in [0.25, 0.3) is 0 Å². The van der Waals surface area contributed by atoms with Crippen molar-refractivity contribution in [2.75, 3.05) is 6.61 Å². The fourth-order valence-corrected chi connectivity index (χ4v) is 8.34. The molecule has 2 nitrogen and oxygen atoms in total. The van der Waals surface area contributed by atoms with E-state index in [-0.39, 0.29) is 18.1 Å². The fourth-order valence-electron chi connectivity index (χ4n) is 8.34. The van der Waals surface area contributed by atoms with Crippen molar-refractivity contribution in [3.63, 3.8) is 0 Å². The van der Waals surface area contributed by atoms with Crippen LogP contribution < -0.4 is 0 Å². The summed E-state index contributed by atoms with van der Waals surface area (Å²) in [6.45, 7) is 9.95. The Bertz CT molecular complexity index is 649. The zero-order chi connectivity index (χ0) is 20.8. The molecule has 4 rings (SSSR count). The highest BCUT2D eigenvalue weighted by molar-refractivity contribution is 5.26. The van der Waals surface area contributed by atoms with E-state index < -0.39 is 0 Å². The van der Waals surface area contributed by atoms with Crippen LogP contribution in [0.5, 0.6) is 0 Å². The molecule has 3 saturated carbocycles. The zero-order valence-electron chi connectivity index (χ0n) is 19.2. The van der Waals surface area contributed by atoms with Crippen LogP contribution in [-0.4, -0.2) is 22.9 Å². The number of aliphatic hydroxyl groups is 2. The second-order valence-electron chi connectivity index (χ2n) is 11.7. The molecule has 0 aromatic carbocycles. The Morgan fingerprint density at radius 1 is 1.10 bits per heavy atom. The maximum atomic E-state index is 10.6. The first kappa shape index (κ1) is 21.6. The minimum Gasteiger partial charge on any atom is -0.395 e. The van der Waals surface area contributed by atoms with E-state index in [2.05, 4.69) is 45.9 Å². The average Bonchev–Trinajstić information content (AvgIpc) is 3.04.